The zero-order valence-electron chi connectivity index (χ0n) is 7.90. The van der Waals surface area contributed by atoms with E-state index in [0.29, 0.717) is 6.54 Å². The van der Waals surface area contributed by atoms with Crippen molar-refractivity contribution in [3.63, 3.8) is 0 Å². The smallest absolute Gasteiger partial charge is 0.151 e. The van der Waals surface area contributed by atoms with E-state index in [9.17, 15) is 8.42 Å². The van der Waals surface area contributed by atoms with Crippen molar-refractivity contribution >= 4 is 9.84 Å². The Morgan fingerprint density at radius 1 is 1.54 bits per heavy atom. The van der Waals surface area contributed by atoms with Crippen molar-refractivity contribution in [1.29, 1.82) is 0 Å². The molecule has 0 aliphatic carbocycles. The molecule has 0 aliphatic heterocycles. The summed E-state index contributed by atoms with van der Waals surface area (Å²) in [7, 11) is -2.87. The molecule has 1 rings (SSSR count). The van der Waals surface area contributed by atoms with Gasteiger partial charge in [-0.15, -0.1) is 0 Å². The first kappa shape index (κ1) is 10.2. The highest BCUT2D eigenvalue weighted by Gasteiger charge is 2.07. The van der Waals surface area contributed by atoms with E-state index in [2.05, 4.69) is 5.10 Å². The molecule has 1 aromatic rings. The van der Waals surface area contributed by atoms with Crippen LogP contribution in [0.25, 0.3) is 0 Å². The lowest BCUT2D eigenvalue weighted by Crippen LogP contribution is -2.14. The number of rotatable bonds is 4. The van der Waals surface area contributed by atoms with Gasteiger partial charge >= 0.3 is 0 Å². The highest BCUT2D eigenvalue weighted by Crippen LogP contribution is 1.96. The van der Waals surface area contributed by atoms with E-state index in [1.807, 2.05) is 13.1 Å². The number of hydrogen-bond donors (Lipinski definition) is 0. The summed E-state index contributed by atoms with van der Waals surface area (Å²) in [6.07, 6.45) is 3.56. The second-order valence-electron chi connectivity index (χ2n) is 3.02. The minimum Gasteiger partial charge on any atom is -0.271 e. The fourth-order valence-electron chi connectivity index (χ4n) is 0.966. The average Bonchev–Trinajstić information content (AvgIpc) is 2.48. The fraction of sp³-hybridized carbons (Fsp3) is 0.625. The Bertz CT molecular complexity index is 367. The van der Waals surface area contributed by atoms with Gasteiger partial charge in [0.1, 0.15) is 0 Å². The number of aromatic nitrogens is 2. The molecule has 74 valence electrons. The van der Waals surface area contributed by atoms with E-state index in [0.717, 1.165) is 5.56 Å². The summed E-state index contributed by atoms with van der Waals surface area (Å²) < 4.78 is 23.9. The first-order valence-electron chi connectivity index (χ1n) is 4.23. The van der Waals surface area contributed by atoms with Gasteiger partial charge in [0.25, 0.3) is 0 Å². The van der Waals surface area contributed by atoms with E-state index in [4.69, 9.17) is 0 Å². The van der Waals surface area contributed by atoms with Crippen molar-refractivity contribution in [3.05, 3.63) is 18.0 Å². The maximum Gasteiger partial charge on any atom is 0.151 e. The van der Waals surface area contributed by atoms with Crippen LogP contribution in [0.4, 0.5) is 0 Å². The predicted molar refractivity (Wildman–Crippen MR) is 51.3 cm³/mol. The van der Waals surface area contributed by atoms with Crippen molar-refractivity contribution in [3.8, 4) is 0 Å². The summed E-state index contributed by atoms with van der Waals surface area (Å²) in [5.74, 6) is 0.373. The quantitative estimate of drug-likeness (QED) is 0.719. The van der Waals surface area contributed by atoms with Crippen LogP contribution in [0.3, 0.4) is 0 Å². The first-order chi connectivity index (χ1) is 6.03. The van der Waals surface area contributed by atoms with Gasteiger partial charge in [-0.05, 0) is 12.5 Å². The van der Waals surface area contributed by atoms with Gasteiger partial charge in [-0.25, -0.2) is 8.42 Å². The van der Waals surface area contributed by atoms with Gasteiger partial charge in [-0.3, -0.25) is 4.68 Å². The average molecular weight is 202 g/mol. The summed E-state index contributed by atoms with van der Waals surface area (Å²) in [6.45, 7) is 4.03. The molecule has 0 atom stereocenters. The first-order valence-corrected chi connectivity index (χ1v) is 6.05. The van der Waals surface area contributed by atoms with E-state index in [1.165, 1.54) is 0 Å². The number of aryl methyl sites for hydroxylation is 2. The van der Waals surface area contributed by atoms with Gasteiger partial charge in [0, 0.05) is 11.9 Å². The number of hydrogen-bond acceptors (Lipinski definition) is 3. The van der Waals surface area contributed by atoms with E-state index in [1.54, 1.807) is 17.8 Å². The maximum absolute atomic E-state index is 11.1. The van der Waals surface area contributed by atoms with Gasteiger partial charge in [-0.2, -0.15) is 5.10 Å². The molecule has 0 saturated carbocycles. The molecule has 0 fully saturated rings. The minimum absolute atomic E-state index is 0.171. The normalized spacial score (nSPS) is 11.8. The summed E-state index contributed by atoms with van der Waals surface area (Å²) in [6, 6.07) is 0. The minimum atomic E-state index is -2.87. The van der Waals surface area contributed by atoms with Gasteiger partial charge in [0.05, 0.1) is 18.5 Å². The van der Waals surface area contributed by atoms with Crippen LogP contribution >= 0.6 is 0 Å². The van der Waals surface area contributed by atoms with Gasteiger partial charge in [0.2, 0.25) is 0 Å². The third-order valence-electron chi connectivity index (χ3n) is 1.83. The number of nitrogens with zero attached hydrogens (tertiary/aromatic N) is 2. The predicted octanol–water partition coefficient (Wildman–Crippen LogP) is 0.626. The lowest BCUT2D eigenvalue weighted by Gasteiger charge is -2.00. The second-order valence-corrected chi connectivity index (χ2v) is 5.49. The third-order valence-corrected chi connectivity index (χ3v) is 3.52. The third kappa shape index (κ3) is 3.18. The summed E-state index contributed by atoms with van der Waals surface area (Å²) in [5.41, 5.74) is 1.05. The molecule has 0 unspecified atom stereocenters. The molecule has 0 aliphatic rings. The van der Waals surface area contributed by atoms with E-state index >= 15 is 0 Å². The Morgan fingerprint density at radius 2 is 2.23 bits per heavy atom. The fourth-order valence-corrected chi connectivity index (χ4v) is 1.72. The van der Waals surface area contributed by atoms with Gasteiger partial charge < -0.3 is 0 Å². The molecular weight excluding hydrogens is 188 g/mol. The van der Waals surface area contributed by atoms with E-state index < -0.39 is 9.84 Å². The van der Waals surface area contributed by atoms with Crippen LogP contribution in [0.1, 0.15) is 12.5 Å². The zero-order chi connectivity index (χ0) is 9.90. The highest BCUT2D eigenvalue weighted by atomic mass is 32.2. The molecule has 0 spiro atoms. The Kier molecular flexibility index (Phi) is 3.08. The van der Waals surface area contributed by atoms with Crippen LogP contribution in [-0.2, 0) is 16.4 Å². The van der Waals surface area contributed by atoms with Crippen molar-refractivity contribution < 1.29 is 8.42 Å². The molecule has 1 aromatic heterocycles. The second kappa shape index (κ2) is 3.91. The largest absolute Gasteiger partial charge is 0.271 e. The van der Waals surface area contributed by atoms with Crippen LogP contribution in [0.5, 0.6) is 0 Å². The Balaban J connectivity index is 2.53. The molecule has 13 heavy (non-hydrogen) atoms. The molecule has 0 saturated heterocycles. The van der Waals surface area contributed by atoms with Crippen molar-refractivity contribution in [1.82, 2.24) is 9.78 Å². The molecule has 1 heterocycles. The van der Waals surface area contributed by atoms with E-state index in [-0.39, 0.29) is 11.5 Å². The summed E-state index contributed by atoms with van der Waals surface area (Å²) in [5, 5.41) is 4.01. The SMILES string of the molecule is CCS(=O)(=O)CCn1cc(C)cn1. The van der Waals surface area contributed by atoms with Crippen molar-refractivity contribution in [2.24, 2.45) is 0 Å². The van der Waals surface area contributed by atoms with Crippen LogP contribution in [0.2, 0.25) is 0 Å². The molecule has 0 N–H and O–H groups in total. The lowest BCUT2D eigenvalue weighted by molar-refractivity contribution is 0.581. The molecule has 4 nitrogen and oxygen atoms in total. The lowest BCUT2D eigenvalue weighted by atomic mass is 10.4. The van der Waals surface area contributed by atoms with Crippen molar-refractivity contribution in [2.75, 3.05) is 11.5 Å². The molecule has 0 radical (unpaired) electrons. The molecule has 0 aromatic carbocycles. The molecule has 0 bridgehead atoms. The Morgan fingerprint density at radius 3 is 2.69 bits per heavy atom. The highest BCUT2D eigenvalue weighted by molar-refractivity contribution is 7.91. The zero-order valence-corrected chi connectivity index (χ0v) is 8.71. The van der Waals surface area contributed by atoms with Crippen molar-refractivity contribution in [2.45, 2.75) is 20.4 Å². The van der Waals surface area contributed by atoms with Crippen LogP contribution in [-0.4, -0.2) is 29.7 Å². The molecule has 0 amide bonds. The van der Waals surface area contributed by atoms with Crippen LogP contribution in [0.15, 0.2) is 12.4 Å². The summed E-state index contributed by atoms with van der Waals surface area (Å²) >= 11 is 0. The standard InChI is InChI=1S/C8H14N2O2S/c1-3-13(11,12)5-4-10-7-8(2)6-9-10/h6-7H,3-5H2,1-2H3. The molecule has 5 heteroatoms. The van der Waals surface area contributed by atoms with Crippen LogP contribution in [0, 0.1) is 6.92 Å². The Labute approximate surface area is 78.5 Å². The summed E-state index contributed by atoms with van der Waals surface area (Å²) in [4.78, 5) is 0. The maximum atomic E-state index is 11.1. The monoisotopic (exact) mass is 202 g/mol. The van der Waals surface area contributed by atoms with Crippen LogP contribution < -0.4 is 0 Å². The Hall–Kier alpha value is -0.840. The molecular formula is C8H14N2O2S. The topological polar surface area (TPSA) is 52.0 Å². The van der Waals surface area contributed by atoms with Gasteiger partial charge in [0.15, 0.2) is 9.84 Å². The number of sulfone groups is 1. The van der Waals surface area contributed by atoms with Gasteiger partial charge in [-0.1, -0.05) is 6.92 Å².